The maximum absolute atomic E-state index is 13.7. The quantitative estimate of drug-likeness (QED) is 0.595. The van der Waals surface area contributed by atoms with Gasteiger partial charge in [0.1, 0.15) is 17.2 Å². The van der Waals surface area contributed by atoms with Crippen molar-refractivity contribution in [3.63, 3.8) is 0 Å². The predicted molar refractivity (Wildman–Crippen MR) is 118 cm³/mol. The molecular formula is C25H23FN2O4. The van der Waals surface area contributed by atoms with Gasteiger partial charge in [-0.1, -0.05) is 6.07 Å². The minimum atomic E-state index is -1.03. The van der Waals surface area contributed by atoms with E-state index >= 15 is 0 Å². The molecule has 1 aromatic heterocycles. The van der Waals surface area contributed by atoms with Crippen LogP contribution in [0.4, 0.5) is 4.39 Å². The second-order valence-corrected chi connectivity index (χ2v) is 8.59. The van der Waals surface area contributed by atoms with Crippen molar-refractivity contribution in [1.29, 1.82) is 0 Å². The Kier molecular flexibility index (Phi) is 5.06. The number of H-pyrrole nitrogens is 1. The number of rotatable bonds is 4. The summed E-state index contributed by atoms with van der Waals surface area (Å²) in [7, 11) is 0. The van der Waals surface area contributed by atoms with Crippen LogP contribution in [0.2, 0.25) is 0 Å². The van der Waals surface area contributed by atoms with Gasteiger partial charge in [0.2, 0.25) is 0 Å². The van der Waals surface area contributed by atoms with E-state index in [9.17, 15) is 14.0 Å². The van der Waals surface area contributed by atoms with E-state index in [1.54, 1.807) is 30.3 Å². The minimum absolute atomic E-state index is 0.0254. The Morgan fingerprint density at radius 3 is 2.81 bits per heavy atom. The summed E-state index contributed by atoms with van der Waals surface area (Å²) < 4.78 is 20.0. The molecular weight excluding hydrogens is 411 g/mol. The Labute approximate surface area is 184 Å². The summed E-state index contributed by atoms with van der Waals surface area (Å²) in [5.41, 5.74) is 2.63. The molecule has 0 atom stereocenters. The lowest BCUT2D eigenvalue weighted by atomic mass is 9.82. The zero-order chi connectivity index (χ0) is 22.3. The first-order chi connectivity index (χ1) is 15.4. The zero-order valence-electron chi connectivity index (χ0n) is 17.4. The Balaban J connectivity index is 1.28. The second-order valence-electron chi connectivity index (χ2n) is 8.59. The van der Waals surface area contributed by atoms with Gasteiger partial charge in [0.05, 0.1) is 12.0 Å². The molecule has 0 amide bonds. The van der Waals surface area contributed by atoms with E-state index in [1.165, 1.54) is 12.1 Å². The number of likely N-dealkylation sites (tertiary alicyclic amines) is 1. The van der Waals surface area contributed by atoms with Crippen molar-refractivity contribution >= 4 is 28.7 Å². The lowest BCUT2D eigenvalue weighted by molar-refractivity contribution is -0.131. The molecule has 7 heteroatoms. The highest BCUT2D eigenvalue weighted by Crippen LogP contribution is 2.40. The molecule has 3 heterocycles. The van der Waals surface area contributed by atoms with Crippen LogP contribution in [0.1, 0.15) is 40.7 Å². The van der Waals surface area contributed by atoms with Gasteiger partial charge in [0.15, 0.2) is 5.78 Å². The van der Waals surface area contributed by atoms with E-state index in [2.05, 4.69) is 9.88 Å². The summed E-state index contributed by atoms with van der Waals surface area (Å²) in [5.74, 6) is -0.689. The highest BCUT2D eigenvalue weighted by Gasteiger charge is 2.43. The second kappa shape index (κ2) is 7.91. The maximum Gasteiger partial charge on any atom is 0.328 e. The van der Waals surface area contributed by atoms with Gasteiger partial charge in [-0.15, -0.1) is 0 Å². The first-order valence-electron chi connectivity index (χ1n) is 10.7. The largest absolute Gasteiger partial charge is 0.486 e. The number of aromatic nitrogens is 1. The van der Waals surface area contributed by atoms with Crippen LogP contribution in [-0.2, 0) is 11.3 Å². The molecule has 6 nitrogen and oxygen atoms in total. The number of ether oxygens (including phenoxy) is 1. The number of carbonyl (C=O) groups excluding carboxylic acids is 1. The number of aromatic amines is 1. The number of carboxylic acid groups (broad SMARTS) is 1. The summed E-state index contributed by atoms with van der Waals surface area (Å²) in [5, 5.41) is 9.70. The van der Waals surface area contributed by atoms with E-state index < -0.39 is 11.6 Å². The average molecular weight is 434 g/mol. The van der Waals surface area contributed by atoms with Crippen LogP contribution in [0.25, 0.3) is 17.0 Å². The van der Waals surface area contributed by atoms with Gasteiger partial charge in [0.25, 0.3) is 0 Å². The molecule has 3 aromatic rings. The summed E-state index contributed by atoms with van der Waals surface area (Å²) >= 11 is 0. The van der Waals surface area contributed by atoms with Crippen molar-refractivity contribution in [3.05, 3.63) is 71.2 Å². The number of piperidine rings is 1. The Bertz CT molecular complexity index is 1240. The number of nitrogens with zero attached hydrogens (tertiary/aromatic N) is 1. The fraction of sp³-hybridized carbons (Fsp3) is 0.280. The van der Waals surface area contributed by atoms with Crippen molar-refractivity contribution in [1.82, 2.24) is 9.88 Å². The first kappa shape index (κ1) is 20.5. The number of fused-ring (bicyclic) bond motifs is 2. The fourth-order valence-electron chi connectivity index (χ4n) is 4.70. The topological polar surface area (TPSA) is 82.6 Å². The zero-order valence-corrected chi connectivity index (χ0v) is 17.4. The van der Waals surface area contributed by atoms with Gasteiger partial charge in [-0.3, -0.25) is 9.69 Å². The Morgan fingerprint density at radius 2 is 2.03 bits per heavy atom. The first-order valence-corrected chi connectivity index (χ1v) is 10.7. The molecule has 0 unspecified atom stereocenters. The van der Waals surface area contributed by atoms with Crippen LogP contribution in [0.5, 0.6) is 5.75 Å². The lowest BCUT2D eigenvalue weighted by Gasteiger charge is -2.44. The number of ketones is 1. The number of hydrogen-bond acceptors (Lipinski definition) is 4. The van der Waals surface area contributed by atoms with Crippen molar-refractivity contribution in [2.24, 2.45) is 0 Å². The monoisotopic (exact) mass is 434 g/mol. The van der Waals surface area contributed by atoms with Crippen LogP contribution in [0.3, 0.4) is 0 Å². The molecule has 32 heavy (non-hydrogen) atoms. The van der Waals surface area contributed by atoms with Gasteiger partial charge < -0.3 is 14.8 Å². The highest BCUT2D eigenvalue weighted by atomic mass is 19.1. The molecule has 2 aromatic carbocycles. The average Bonchev–Trinajstić information content (AvgIpc) is 3.16. The highest BCUT2D eigenvalue weighted by molar-refractivity contribution is 6.01. The third-order valence-electron chi connectivity index (χ3n) is 6.42. The Hall–Kier alpha value is -3.45. The number of hydrogen-bond donors (Lipinski definition) is 2. The van der Waals surface area contributed by atoms with Crippen LogP contribution in [-0.4, -0.2) is 45.4 Å². The number of Topliss-reactive ketones (excluding diaryl/α,β-unsaturated/α-hetero) is 1. The molecule has 0 saturated carbocycles. The molecule has 164 valence electrons. The van der Waals surface area contributed by atoms with Crippen LogP contribution in [0.15, 0.2) is 48.7 Å². The molecule has 2 aliphatic heterocycles. The number of benzene rings is 2. The van der Waals surface area contributed by atoms with Crippen LogP contribution in [0, 0.1) is 5.82 Å². The SMILES string of the molecule is O=C(O)/C=C/c1ccc2c(c1)C(=O)CC1(CCN(Cc3c[nH]c4ccc(F)cc34)CC1)O2. The van der Waals surface area contributed by atoms with E-state index in [0.717, 1.165) is 48.5 Å². The van der Waals surface area contributed by atoms with E-state index in [-0.39, 0.29) is 11.6 Å². The van der Waals surface area contributed by atoms with E-state index in [0.29, 0.717) is 29.8 Å². The normalized spacial score (nSPS) is 18.2. The number of halogens is 1. The number of carboxylic acids is 1. The van der Waals surface area contributed by atoms with Crippen molar-refractivity contribution in [3.8, 4) is 5.75 Å². The van der Waals surface area contributed by atoms with Gasteiger partial charge in [-0.05, 0) is 47.5 Å². The molecule has 0 aliphatic carbocycles. The van der Waals surface area contributed by atoms with Gasteiger partial charge >= 0.3 is 5.97 Å². The Morgan fingerprint density at radius 1 is 1.22 bits per heavy atom. The molecule has 0 bridgehead atoms. The fourth-order valence-corrected chi connectivity index (χ4v) is 4.70. The lowest BCUT2D eigenvalue weighted by Crippen LogP contribution is -2.50. The number of nitrogens with one attached hydrogen (secondary N) is 1. The molecule has 1 fully saturated rings. The van der Waals surface area contributed by atoms with Gasteiger partial charge in [-0.2, -0.15) is 0 Å². The third-order valence-corrected chi connectivity index (χ3v) is 6.42. The predicted octanol–water partition coefficient (Wildman–Crippen LogP) is 4.40. The van der Waals surface area contributed by atoms with Gasteiger partial charge in [0, 0.05) is 55.7 Å². The molecule has 5 rings (SSSR count). The minimum Gasteiger partial charge on any atom is -0.486 e. The van der Waals surface area contributed by atoms with Crippen molar-refractivity contribution < 1.29 is 23.8 Å². The van der Waals surface area contributed by atoms with E-state index in [1.807, 2.05) is 6.20 Å². The third kappa shape index (κ3) is 3.91. The van der Waals surface area contributed by atoms with Gasteiger partial charge in [-0.25, -0.2) is 9.18 Å². The number of aliphatic carboxylic acids is 1. The molecule has 2 aliphatic rings. The van der Waals surface area contributed by atoms with Crippen LogP contribution < -0.4 is 4.74 Å². The molecule has 0 radical (unpaired) electrons. The summed E-state index contributed by atoms with van der Waals surface area (Å²) in [4.78, 5) is 29.1. The standard InChI is InChI=1S/C25H23FN2O4/c26-18-3-4-21-19(12-18)17(14-27-21)15-28-9-7-25(8-10-28)13-22(29)20-11-16(2-6-24(30)31)1-5-23(20)32-25/h1-6,11-12,14,27H,7-10,13,15H2,(H,30,31)/b6-2+. The summed E-state index contributed by atoms with van der Waals surface area (Å²) in [6.07, 6.45) is 6.23. The molecule has 1 spiro atoms. The molecule has 1 saturated heterocycles. The smallest absolute Gasteiger partial charge is 0.328 e. The molecule has 2 N–H and O–H groups in total. The van der Waals surface area contributed by atoms with Crippen LogP contribution >= 0.6 is 0 Å². The van der Waals surface area contributed by atoms with E-state index in [4.69, 9.17) is 9.84 Å². The summed E-state index contributed by atoms with van der Waals surface area (Å²) in [6, 6.07) is 9.97. The van der Waals surface area contributed by atoms with Crippen molar-refractivity contribution in [2.45, 2.75) is 31.4 Å². The maximum atomic E-state index is 13.7. The summed E-state index contributed by atoms with van der Waals surface area (Å²) in [6.45, 7) is 2.28. The number of carbonyl (C=O) groups is 2. The van der Waals surface area contributed by atoms with Crippen molar-refractivity contribution in [2.75, 3.05) is 13.1 Å².